The van der Waals surface area contributed by atoms with Crippen molar-refractivity contribution in [2.75, 3.05) is 12.0 Å². The standard InChI is InChI=1S/C6H13N5O2S/c1-14(12,13)3-2-5(10-7)6-8-4-9-11-6/h4-5,10H,2-3,7H2,1H3,(H,8,9,11). The van der Waals surface area contributed by atoms with E-state index in [0.717, 1.165) is 0 Å². The van der Waals surface area contributed by atoms with Crippen molar-refractivity contribution >= 4 is 9.84 Å². The SMILES string of the molecule is CS(=O)(=O)CCC(NN)c1ncn[nH]1. The van der Waals surface area contributed by atoms with Crippen LogP contribution in [0.2, 0.25) is 0 Å². The lowest BCUT2D eigenvalue weighted by molar-refractivity contribution is 0.508. The average Bonchev–Trinajstić information content (AvgIpc) is 2.56. The number of sulfone groups is 1. The molecule has 0 spiro atoms. The fourth-order valence-corrected chi connectivity index (χ4v) is 1.68. The molecule has 0 amide bonds. The molecule has 1 unspecified atom stereocenters. The van der Waals surface area contributed by atoms with Crippen molar-refractivity contribution in [2.45, 2.75) is 12.5 Å². The van der Waals surface area contributed by atoms with E-state index in [1.165, 1.54) is 12.6 Å². The topological polar surface area (TPSA) is 114 Å². The molecule has 1 aromatic rings. The second kappa shape index (κ2) is 4.49. The fourth-order valence-electron chi connectivity index (χ4n) is 1.01. The van der Waals surface area contributed by atoms with Gasteiger partial charge in [-0.2, -0.15) is 5.10 Å². The summed E-state index contributed by atoms with van der Waals surface area (Å²) >= 11 is 0. The smallest absolute Gasteiger partial charge is 0.147 e. The van der Waals surface area contributed by atoms with Crippen LogP contribution in [0.1, 0.15) is 18.3 Å². The molecule has 0 aliphatic carbocycles. The summed E-state index contributed by atoms with van der Waals surface area (Å²) in [6.45, 7) is 0. The van der Waals surface area contributed by atoms with Gasteiger partial charge in [0, 0.05) is 6.26 Å². The van der Waals surface area contributed by atoms with Crippen LogP contribution in [0.5, 0.6) is 0 Å². The molecule has 1 atom stereocenters. The molecule has 80 valence electrons. The van der Waals surface area contributed by atoms with Crippen LogP contribution in [0.3, 0.4) is 0 Å². The Morgan fingerprint density at radius 1 is 1.71 bits per heavy atom. The van der Waals surface area contributed by atoms with Crippen LogP contribution in [0, 0.1) is 0 Å². The van der Waals surface area contributed by atoms with E-state index in [1.54, 1.807) is 0 Å². The number of nitrogens with two attached hydrogens (primary N) is 1. The van der Waals surface area contributed by atoms with Gasteiger partial charge in [0.1, 0.15) is 22.0 Å². The molecular weight excluding hydrogens is 206 g/mol. The van der Waals surface area contributed by atoms with Crippen LogP contribution >= 0.6 is 0 Å². The van der Waals surface area contributed by atoms with Crippen LogP contribution in [0.15, 0.2) is 6.33 Å². The number of nitrogens with zero attached hydrogens (tertiary/aromatic N) is 2. The third kappa shape index (κ3) is 3.40. The molecule has 0 saturated carbocycles. The summed E-state index contributed by atoms with van der Waals surface area (Å²) in [4.78, 5) is 3.88. The molecule has 7 nitrogen and oxygen atoms in total. The summed E-state index contributed by atoms with van der Waals surface area (Å²) in [5, 5.41) is 6.28. The first-order valence-corrected chi connectivity index (χ1v) is 6.08. The molecular formula is C6H13N5O2S. The zero-order valence-electron chi connectivity index (χ0n) is 7.77. The molecule has 0 bridgehead atoms. The lowest BCUT2D eigenvalue weighted by Crippen LogP contribution is -2.30. The van der Waals surface area contributed by atoms with Crippen molar-refractivity contribution in [1.82, 2.24) is 20.6 Å². The van der Waals surface area contributed by atoms with Gasteiger partial charge in [0.15, 0.2) is 0 Å². The quantitative estimate of drug-likeness (QED) is 0.421. The van der Waals surface area contributed by atoms with Crippen molar-refractivity contribution in [3.8, 4) is 0 Å². The van der Waals surface area contributed by atoms with Gasteiger partial charge in [0.05, 0.1) is 11.8 Å². The lowest BCUT2D eigenvalue weighted by atomic mass is 10.2. The van der Waals surface area contributed by atoms with Gasteiger partial charge in [-0.1, -0.05) is 0 Å². The Morgan fingerprint density at radius 3 is 2.86 bits per heavy atom. The minimum absolute atomic E-state index is 0.0581. The van der Waals surface area contributed by atoms with E-state index in [4.69, 9.17) is 5.84 Å². The highest BCUT2D eigenvalue weighted by molar-refractivity contribution is 7.90. The van der Waals surface area contributed by atoms with Gasteiger partial charge < -0.3 is 0 Å². The highest BCUT2D eigenvalue weighted by Gasteiger charge is 2.14. The minimum atomic E-state index is -2.98. The molecule has 1 aromatic heterocycles. The number of H-pyrrole nitrogens is 1. The first kappa shape index (κ1) is 11.1. The summed E-state index contributed by atoms with van der Waals surface area (Å²) in [6.07, 6.45) is 2.89. The Bertz CT molecular complexity index is 360. The number of hydrogen-bond acceptors (Lipinski definition) is 6. The van der Waals surface area contributed by atoms with Crippen LogP contribution < -0.4 is 11.3 Å². The van der Waals surface area contributed by atoms with Crippen molar-refractivity contribution in [3.63, 3.8) is 0 Å². The Hall–Kier alpha value is -0.990. The monoisotopic (exact) mass is 219 g/mol. The van der Waals surface area contributed by atoms with Gasteiger partial charge in [0.25, 0.3) is 0 Å². The summed E-state index contributed by atoms with van der Waals surface area (Å²) < 4.78 is 21.8. The van der Waals surface area contributed by atoms with Gasteiger partial charge in [-0.15, -0.1) is 0 Å². The zero-order chi connectivity index (χ0) is 10.6. The first-order valence-electron chi connectivity index (χ1n) is 4.02. The predicted molar refractivity (Wildman–Crippen MR) is 50.8 cm³/mol. The maximum atomic E-state index is 10.9. The van der Waals surface area contributed by atoms with E-state index in [9.17, 15) is 8.42 Å². The molecule has 1 heterocycles. The molecule has 0 radical (unpaired) electrons. The second-order valence-corrected chi connectivity index (χ2v) is 5.27. The first-order chi connectivity index (χ1) is 6.53. The van der Waals surface area contributed by atoms with E-state index in [2.05, 4.69) is 20.6 Å². The highest BCUT2D eigenvalue weighted by atomic mass is 32.2. The summed E-state index contributed by atoms with van der Waals surface area (Å²) in [5.74, 6) is 5.86. The molecule has 4 N–H and O–H groups in total. The Morgan fingerprint density at radius 2 is 2.43 bits per heavy atom. The van der Waals surface area contributed by atoms with Gasteiger partial charge in [-0.05, 0) is 6.42 Å². The van der Waals surface area contributed by atoms with E-state index in [0.29, 0.717) is 12.2 Å². The number of hydrazine groups is 1. The minimum Gasteiger partial charge on any atom is -0.271 e. The number of nitrogens with one attached hydrogen (secondary N) is 2. The summed E-state index contributed by atoms with van der Waals surface area (Å²) in [6, 6.07) is -0.313. The summed E-state index contributed by atoms with van der Waals surface area (Å²) in [5.41, 5.74) is 2.48. The second-order valence-electron chi connectivity index (χ2n) is 3.01. The van der Waals surface area contributed by atoms with E-state index in [-0.39, 0.29) is 11.8 Å². The molecule has 0 aromatic carbocycles. The zero-order valence-corrected chi connectivity index (χ0v) is 8.58. The van der Waals surface area contributed by atoms with Crippen molar-refractivity contribution in [1.29, 1.82) is 0 Å². The third-order valence-corrected chi connectivity index (χ3v) is 2.72. The Balaban J connectivity index is 2.57. The molecule has 8 heteroatoms. The summed E-state index contributed by atoms with van der Waals surface area (Å²) in [7, 11) is -2.98. The van der Waals surface area contributed by atoms with Crippen molar-refractivity contribution < 1.29 is 8.42 Å². The predicted octanol–water partition coefficient (Wildman–Crippen LogP) is -1.26. The van der Waals surface area contributed by atoms with Gasteiger partial charge in [-0.25, -0.2) is 18.8 Å². The number of hydrogen-bond donors (Lipinski definition) is 3. The molecule has 0 fully saturated rings. The average molecular weight is 219 g/mol. The van der Waals surface area contributed by atoms with Crippen LogP contribution in [0.25, 0.3) is 0 Å². The molecule has 0 saturated heterocycles. The van der Waals surface area contributed by atoms with Gasteiger partial charge >= 0.3 is 0 Å². The third-order valence-electron chi connectivity index (χ3n) is 1.74. The molecule has 14 heavy (non-hydrogen) atoms. The fraction of sp³-hybridized carbons (Fsp3) is 0.667. The van der Waals surface area contributed by atoms with Crippen LogP contribution in [-0.4, -0.2) is 35.6 Å². The van der Waals surface area contributed by atoms with Crippen molar-refractivity contribution in [3.05, 3.63) is 12.2 Å². The Kier molecular flexibility index (Phi) is 3.55. The normalized spacial score (nSPS) is 14.1. The van der Waals surface area contributed by atoms with Crippen LogP contribution in [-0.2, 0) is 9.84 Å². The molecule has 0 aliphatic rings. The van der Waals surface area contributed by atoms with E-state index in [1.807, 2.05) is 0 Å². The lowest BCUT2D eigenvalue weighted by Gasteiger charge is -2.11. The molecule has 1 rings (SSSR count). The number of aromatic nitrogens is 3. The van der Waals surface area contributed by atoms with Gasteiger partial charge in [0.2, 0.25) is 0 Å². The van der Waals surface area contributed by atoms with Gasteiger partial charge in [-0.3, -0.25) is 10.9 Å². The maximum Gasteiger partial charge on any atom is 0.147 e. The Labute approximate surface area is 82.0 Å². The van der Waals surface area contributed by atoms with Crippen LogP contribution in [0.4, 0.5) is 0 Å². The number of aromatic amines is 1. The largest absolute Gasteiger partial charge is 0.271 e. The van der Waals surface area contributed by atoms with E-state index >= 15 is 0 Å². The maximum absolute atomic E-state index is 10.9. The molecule has 0 aliphatic heterocycles. The van der Waals surface area contributed by atoms with E-state index < -0.39 is 9.84 Å². The highest BCUT2D eigenvalue weighted by Crippen LogP contribution is 2.10. The number of rotatable bonds is 5. The van der Waals surface area contributed by atoms with Crippen molar-refractivity contribution in [2.24, 2.45) is 5.84 Å².